The highest BCUT2D eigenvalue weighted by molar-refractivity contribution is 5.35. The Balaban J connectivity index is 2.54. The van der Waals surface area contributed by atoms with Crippen molar-refractivity contribution in [2.45, 2.75) is 38.4 Å². The summed E-state index contributed by atoms with van der Waals surface area (Å²) < 4.78 is 43.6. The second kappa shape index (κ2) is 7.66. The van der Waals surface area contributed by atoms with Crippen LogP contribution in [0.4, 0.5) is 13.2 Å². The number of likely N-dealkylation sites (N-methyl/N-ethyl adjacent to an activating group) is 1. The Hall–Kier alpha value is -1.27. The van der Waals surface area contributed by atoms with Crippen molar-refractivity contribution in [2.75, 3.05) is 19.8 Å². The van der Waals surface area contributed by atoms with Gasteiger partial charge in [-0.2, -0.15) is 13.2 Å². The third-order valence-electron chi connectivity index (χ3n) is 3.28. The summed E-state index contributed by atoms with van der Waals surface area (Å²) in [5.74, 6) is -0.154. The Kier molecular flexibility index (Phi) is 6.48. The van der Waals surface area contributed by atoms with E-state index in [1.165, 1.54) is 18.2 Å². The molecule has 1 rings (SSSR count). The zero-order valence-electron chi connectivity index (χ0n) is 12.3. The van der Waals surface area contributed by atoms with Crippen LogP contribution in [0.25, 0.3) is 0 Å². The average Bonchev–Trinajstić information content (AvgIpc) is 2.43. The van der Waals surface area contributed by atoms with E-state index in [4.69, 9.17) is 4.74 Å². The third kappa shape index (κ3) is 5.55. The fourth-order valence-corrected chi connectivity index (χ4v) is 2.12. The number of para-hydroxylation sites is 1. The smallest absolute Gasteiger partial charge is 0.419 e. The number of aliphatic hydroxyl groups is 1. The lowest BCUT2D eigenvalue weighted by Crippen LogP contribution is -2.45. The Bertz CT molecular complexity index is 437. The van der Waals surface area contributed by atoms with Crippen LogP contribution in [0.5, 0.6) is 5.75 Å². The van der Waals surface area contributed by atoms with Crippen molar-refractivity contribution in [2.24, 2.45) is 0 Å². The lowest BCUT2D eigenvalue weighted by atomic mass is 9.97. The van der Waals surface area contributed by atoms with Crippen LogP contribution >= 0.6 is 0 Å². The normalized spacial score (nSPS) is 14.8. The molecule has 0 aliphatic carbocycles. The second-order valence-corrected chi connectivity index (χ2v) is 5.20. The molecule has 0 amide bonds. The van der Waals surface area contributed by atoms with E-state index in [-0.39, 0.29) is 19.0 Å². The van der Waals surface area contributed by atoms with Gasteiger partial charge in [0, 0.05) is 5.54 Å². The van der Waals surface area contributed by atoms with E-state index in [9.17, 15) is 18.3 Å². The van der Waals surface area contributed by atoms with E-state index >= 15 is 0 Å². The maximum absolute atomic E-state index is 12.8. The lowest BCUT2D eigenvalue weighted by Gasteiger charge is -2.28. The van der Waals surface area contributed by atoms with Crippen LogP contribution in [-0.2, 0) is 6.18 Å². The molecule has 2 N–H and O–H groups in total. The molecule has 1 unspecified atom stereocenters. The van der Waals surface area contributed by atoms with Gasteiger partial charge < -0.3 is 15.2 Å². The maximum atomic E-state index is 12.8. The minimum atomic E-state index is -4.42. The molecule has 0 aliphatic heterocycles. The molecule has 0 fully saturated rings. The van der Waals surface area contributed by atoms with E-state index in [1.807, 2.05) is 13.8 Å². The molecule has 0 bridgehead atoms. The monoisotopic (exact) mass is 305 g/mol. The summed E-state index contributed by atoms with van der Waals surface area (Å²) >= 11 is 0. The van der Waals surface area contributed by atoms with Crippen LogP contribution in [-0.4, -0.2) is 30.4 Å². The summed E-state index contributed by atoms with van der Waals surface area (Å²) in [6, 6.07) is 5.18. The van der Waals surface area contributed by atoms with Gasteiger partial charge in [0.05, 0.1) is 18.8 Å². The van der Waals surface area contributed by atoms with Gasteiger partial charge >= 0.3 is 6.18 Å². The molecule has 0 spiro atoms. The van der Waals surface area contributed by atoms with Crippen molar-refractivity contribution in [3.63, 3.8) is 0 Å². The first-order valence-corrected chi connectivity index (χ1v) is 6.97. The molecule has 6 heteroatoms. The molecule has 1 atom stereocenters. The molecule has 3 nitrogen and oxygen atoms in total. The van der Waals surface area contributed by atoms with Gasteiger partial charge in [-0.05, 0) is 38.4 Å². The number of rotatable bonds is 8. The van der Waals surface area contributed by atoms with Gasteiger partial charge in [-0.1, -0.05) is 19.1 Å². The van der Waals surface area contributed by atoms with Crippen LogP contribution in [0, 0.1) is 0 Å². The molecule has 0 saturated carbocycles. The van der Waals surface area contributed by atoms with Gasteiger partial charge in [0.25, 0.3) is 0 Å². The van der Waals surface area contributed by atoms with Crippen molar-refractivity contribution in [1.29, 1.82) is 0 Å². The first-order chi connectivity index (χ1) is 9.82. The van der Waals surface area contributed by atoms with Crippen molar-refractivity contribution in [3.05, 3.63) is 29.8 Å². The number of aliphatic hydroxyl groups excluding tert-OH is 1. The minimum Gasteiger partial charge on any atom is -0.493 e. The van der Waals surface area contributed by atoms with Crippen molar-refractivity contribution in [1.82, 2.24) is 5.32 Å². The number of hydrogen-bond donors (Lipinski definition) is 2. The Morgan fingerprint density at radius 3 is 2.48 bits per heavy atom. The van der Waals surface area contributed by atoms with Crippen LogP contribution in [0.2, 0.25) is 0 Å². The first kappa shape index (κ1) is 17.8. The van der Waals surface area contributed by atoms with Crippen LogP contribution in [0.15, 0.2) is 24.3 Å². The number of alkyl halides is 3. The molecule has 120 valence electrons. The summed E-state index contributed by atoms with van der Waals surface area (Å²) in [5.41, 5.74) is -1.19. The van der Waals surface area contributed by atoms with E-state index < -0.39 is 17.3 Å². The topological polar surface area (TPSA) is 41.5 Å². The lowest BCUT2D eigenvalue weighted by molar-refractivity contribution is -0.139. The zero-order chi connectivity index (χ0) is 15.9. The Labute approximate surface area is 123 Å². The summed E-state index contributed by atoms with van der Waals surface area (Å²) in [6.07, 6.45) is -3.25. The molecule has 0 aliphatic rings. The number of hydrogen-bond acceptors (Lipinski definition) is 3. The molecule has 21 heavy (non-hydrogen) atoms. The van der Waals surface area contributed by atoms with Crippen molar-refractivity contribution >= 4 is 0 Å². The average molecular weight is 305 g/mol. The van der Waals surface area contributed by atoms with Gasteiger partial charge in [-0.15, -0.1) is 0 Å². The number of benzene rings is 1. The highest BCUT2D eigenvalue weighted by Gasteiger charge is 2.34. The van der Waals surface area contributed by atoms with Gasteiger partial charge in [0.1, 0.15) is 5.75 Å². The first-order valence-electron chi connectivity index (χ1n) is 6.97. The van der Waals surface area contributed by atoms with Crippen molar-refractivity contribution in [3.8, 4) is 5.75 Å². The van der Waals surface area contributed by atoms with Crippen molar-refractivity contribution < 1.29 is 23.0 Å². The molecular formula is C15H22F3NO2. The standard InChI is InChI=1S/C15H22F3NO2/c1-3-19-14(2,11-20)9-6-10-21-13-8-5-4-7-12(13)15(16,17)18/h4-5,7-8,19-20H,3,6,9-11H2,1-2H3. The number of ether oxygens (including phenoxy) is 1. The van der Waals surface area contributed by atoms with Gasteiger partial charge in [-0.25, -0.2) is 0 Å². The summed E-state index contributed by atoms with van der Waals surface area (Å²) in [6.45, 7) is 4.67. The third-order valence-corrected chi connectivity index (χ3v) is 3.28. The molecule has 0 radical (unpaired) electrons. The fraction of sp³-hybridized carbons (Fsp3) is 0.600. The molecular weight excluding hydrogens is 283 g/mol. The Morgan fingerprint density at radius 1 is 1.24 bits per heavy atom. The molecule has 0 aromatic heterocycles. The summed E-state index contributed by atoms with van der Waals surface area (Å²) in [4.78, 5) is 0. The van der Waals surface area contributed by atoms with E-state index in [0.717, 1.165) is 12.6 Å². The predicted octanol–water partition coefficient (Wildman–Crippen LogP) is 3.22. The largest absolute Gasteiger partial charge is 0.493 e. The van der Waals surface area contributed by atoms with Crippen LogP contribution in [0.3, 0.4) is 0 Å². The maximum Gasteiger partial charge on any atom is 0.419 e. The minimum absolute atomic E-state index is 0.0278. The summed E-state index contributed by atoms with van der Waals surface area (Å²) in [5, 5.41) is 12.5. The van der Waals surface area contributed by atoms with E-state index in [2.05, 4.69) is 5.32 Å². The highest BCUT2D eigenvalue weighted by atomic mass is 19.4. The van der Waals surface area contributed by atoms with Gasteiger partial charge in [0.2, 0.25) is 0 Å². The number of halogens is 3. The fourth-order valence-electron chi connectivity index (χ4n) is 2.12. The van der Waals surface area contributed by atoms with Gasteiger partial charge in [0.15, 0.2) is 0 Å². The molecule has 0 heterocycles. The Morgan fingerprint density at radius 2 is 1.90 bits per heavy atom. The predicted molar refractivity (Wildman–Crippen MR) is 75.3 cm³/mol. The quantitative estimate of drug-likeness (QED) is 0.725. The highest BCUT2D eigenvalue weighted by Crippen LogP contribution is 2.35. The van der Waals surface area contributed by atoms with E-state index in [0.29, 0.717) is 12.8 Å². The van der Waals surface area contributed by atoms with Crippen LogP contribution in [0.1, 0.15) is 32.3 Å². The van der Waals surface area contributed by atoms with E-state index in [1.54, 1.807) is 0 Å². The molecule has 0 saturated heterocycles. The summed E-state index contributed by atoms with van der Waals surface area (Å²) in [7, 11) is 0. The SMILES string of the molecule is CCNC(C)(CO)CCCOc1ccccc1C(F)(F)F. The van der Waals surface area contributed by atoms with Gasteiger partial charge in [-0.3, -0.25) is 0 Å². The zero-order valence-corrected chi connectivity index (χ0v) is 12.3. The number of nitrogens with one attached hydrogen (secondary N) is 1. The molecule has 1 aromatic carbocycles. The molecule has 1 aromatic rings. The van der Waals surface area contributed by atoms with Crippen LogP contribution < -0.4 is 10.1 Å². The second-order valence-electron chi connectivity index (χ2n) is 5.20.